The fourth-order valence-electron chi connectivity index (χ4n) is 3.63. The molecule has 0 radical (unpaired) electrons. The fourth-order valence-corrected chi connectivity index (χ4v) is 3.63. The summed E-state index contributed by atoms with van der Waals surface area (Å²) >= 11 is 0. The van der Waals surface area contributed by atoms with Crippen LogP contribution in [0.1, 0.15) is 12.8 Å². The van der Waals surface area contributed by atoms with Crippen LogP contribution in [0.15, 0.2) is 53.3 Å². The number of para-hydroxylation sites is 2. The topological polar surface area (TPSA) is 63.1 Å². The maximum absolute atomic E-state index is 12.7. The van der Waals surface area contributed by atoms with Crippen LogP contribution in [0, 0.1) is 0 Å². The number of aromatic nitrogens is 1. The van der Waals surface area contributed by atoms with E-state index in [2.05, 4.69) is 10.6 Å². The summed E-state index contributed by atoms with van der Waals surface area (Å²) in [6.45, 7) is 2.09. The normalized spacial score (nSPS) is 15.5. The lowest BCUT2D eigenvalue weighted by Gasteiger charge is -2.24. The Labute approximate surface area is 145 Å². The van der Waals surface area contributed by atoms with E-state index in [9.17, 15) is 9.59 Å². The molecule has 1 amide bonds. The average molecular weight is 335 g/mol. The minimum Gasteiger partial charge on any atom is -0.352 e. The number of piperidine rings is 1. The molecule has 25 heavy (non-hydrogen) atoms. The maximum Gasteiger partial charge on any atom is 0.240 e. The second kappa shape index (κ2) is 6.69. The lowest BCUT2D eigenvalue weighted by atomic mass is 10.1. The van der Waals surface area contributed by atoms with Gasteiger partial charge in [-0.15, -0.1) is 0 Å². The van der Waals surface area contributed by atoms with Crippen LogP contribution >= 0.6 is 0 Å². The van der Waals surface area contributed by atoms with Crippen molar-refractivity contribution in [3.05, 3.63) is 58.8 Å². The quantitative estimate of drug-likeness (QED) is 0.720. The van der Waals surface area contributed by atoms with Crippen molar-refractivity contribution in [1.29, 1.82) is 0 Å². The predicted octanol–water partition coefficient (Wildman–Crippen LogP) is 2.02. The number of hydrogen-bond acceptors (Lipinski definition) is 3. The van der Waals surface area contributed by atoms with Gasteiger partial charge in [0.2, 0.25) is 5.91 Å². The summed E-state index contributed by atoms with van der Waals surface area (Å²) in [5, 5.41) is 7.73. The molecule has 0 atom stereocenters. The molecule has 0 bridgehead atoms. The number of fused-ring (bicyclic) bond motifs is 2. The van der Waals surface area contributed by atoms with E-state index in [1.807, 2.05) is 53.1 Å². The van der Waals surface area contributed by atoms with Crippen LogP contribution in [0.3, 0.4) is 0 Å². The molecule has 1 aromatic heterocycles. The first-order valence-corrected chi connectivity index (χ1v) is 8.74. The predicted molar refractivity (Wildman–Crippen MR) is 99.7 cm³/mol. The minimum atomic E-state index is -0.00847. The molecule has 1 fully saturated rings. The SMILES string of the molecule is O=C(Cn1c2ccccc2c(=O)c2ccccc21)NC1CCNCC1. The van der Waals surface area contributed by atoms with E-state index in [4.69, 9.17) is 0 Å². The second-order valence-corrected chi connectivity index (χ2v) is 6.54. The molecule has 3 aromatic rings. The molecular weight excluding hydrogens is 314 g/mol. The van der Waals surface area contributed by atoms with Crippen LogP contribution in [0.25, 0.3) is 21.8 Å². The van der Waals surface area contributed by atoms with Crippen molar-refractivity contribution in [1.82, 2.24) is 15.2 Å². The van der Waals surface area contributed by atoms with Crippen LogP contribution in [-0.4, -0.2) is 29.6 Å². The van der Waals surface area contributed by atoms with Gasteiger partial charge in [-0.25, -0.2) is 0 Å². The largest absolute Gasteiger partial charge is 0.352 e. The van der Waals surface area contributed by atoms with Gasteiger partial charge in [-0.1, -0.05) is 24.3 Å². The van der Waals surface area contributed by atoms with Crippen LogP contribution in [-0.2, 0) is 11.3 Å². The molecule has 5 nitrogen and oxygen atoms in total. The lowest BCUT2D eigenvalue weighted by molar-refractivity contribution is -0.122. The Morgan fingerprint density at radius 1 is 1.00 bits per heavy atom. The Bertz CT molecular complexity index is 927. The first kappa shape index (κ1) is 15.8. The molecule has 5 heteroatoms. The van der Waals surface area contributed by atoms with Crippen molar-refractivity contribution in [2.45, 2.75) is 25.4 Å². The molecule has 0 unspecified atom stereocenters. The number of benzene rings is 2. The Morgan fingerprint density at radius 2 is 1.56 bits per heavy atom. The number of carbonyl (C=O) groups excluding carboxylic acids is 1. The van der Waals surface area contributed by atoms with Crippen LogP contribution in [0.2, 0.25) is 0 Å². The highest BCUT2D eigenvalue weighted by Gasteiger charge is 2.17. The van der Waals surface area contributed by atoms with Gasteiger partial charge in [-0.3, -0.25) is 9.59 Å². The van der Waals surface area contributed by atoms with Crippen molar-refractivity contribution >= 4 is 27.7 Å². The van der Waals surface area contributed by atoms with Crippen molar-refractivity contribution < 1.29 is 4.79 Å². The number of amides is 1. The third-order valence-electron chi connectivity index (χ3n) is 4.88. The molecule has 2 heterocycles. The summed E-state index contributed by atoms with van der Waals surface area (Å²) < 4.78 is 1.95. The van der Waals surface area contributed by atoms with E-state index in [1.165, 1.54) is 0 Å². The molecule has 1 aliphatic rings. The number of nitrogens with zero attached hydrogens (tertiary/aromatic N) is 1. The summed E-state index contributed by atoms with van der Waals surface area (Å²) in [5.41, 5.74) is 1.61. The van der Waals surface area contributed by atoms with Crippen LogP contribution in [0.5, 0.6) is 0 Å². The number of rotatable bonds is 3. The van der Waals surface area contributed by atoms with Gasteiger partial charge in [0.05, 0.1) is 11.0 Å². The Balaban J connectivity index is 1.75. The average Bonchev–Trinajstić information content (AvgIpc) is 2.66. The van der Waals surface area contributed by atoms with Gasteiger partial charge >= 0.3 is 0 Å². The second-order valence-electron chi connectivity index (χ2n) is 6.54. The molecule has 128 valence electrons. The standard InChI is InChI=1S/C20H21N3O2/c24-19(22-14-9-11-21-12-10-14)13-23-17-7-3-1-5-15(17)20(25)16-6-2-4-8-18(16)23/h1-8,14,21H,9-13H2,(H,22,24). The molecule has 0 saturated carbocycles. The lowest BCUT2D eigenvalue weighted by Crippen LogP contribution is -2.43. The summed E-state index contributed by atoms with van der Waals surface area (Å²) in [5.74, 6) is -0.00847. The zero-order chi connectivity index (χ0) is 17.2. The van der Waals surface area contributed by atoms with E-state index in [-0.39, 0.29) is 23.9 Å². The van der Waals surface area contributed by atoms with Crippen molar-refractivity contribution in [2.75, 3.05) is 13.1 Å². The van der Waals surface area contributed by atoms with Crippen molar-refractivity contribution in [2.24, 2.45) is 0 Å². The highest BCUT2D eigenvalue weighted by molar-refractivity contribution is 5.94. The van der Waals surface area contributed by atoms with E-state index in [1.54, 1.807) is 0 Å². The maximum atomic E-state index is 12.7. The first-order valence-electron chi connectivity index (χ1n) is 8.74. The summed E-state index contributed by atoms with van der Waals surface area (Å²) in [4.78, 5) is 25.3. The number of nitrogens with one attached hydrogen (secondary N) is 2. The zero-order valence-electron chi connectivity index (χ0n) is 14.0. The highest BCUT2D eigenvalue weighted by atomic mass is 16.2. The molecular formula is C20H21N3O2. The summed E-state index contributed by atoms with van der Waals surface area (Å²) in [6.07, 6.45) is 1.91. The molecule has 0 aliphatic carbocycles. The third-order valence-corrected chi connectivity index (χ3v) is 4.88. The Hall–Kier alpha value is -2.66. The van der Waals surface area contributed by atoms with Gasteiger partial charge < -0.3 is 15.2 Å². The number of pyridine rings is 1. The van der Waals surface area contributed by atoms with Gasteiger partial charge in [-0.2, -0.15) is 0 Å². The molecule has 2 N–H and O–H groups in total. The van der Waals surface area contributed by atoms with Crippen molar-refractivity contribution in [3.63, 3.8) is 0 Å². The van der Waals surface area contributed by atoms with E-state index in [0.717, 1.165) is 37.0 Å². The van der Waals surface area contributed by atoms with Crippen LogP contribution < -0.4 is 16.1 Å². The zero-order valence-corrected chi connectivity index (χ0v) is 14.0. The monoisotopic (exact) mass is 335 g/mol. The van der Waals surface area contributed by atoms with E-state index < -0.39 is 0 Å². The molecule has 2 aromatic carbocycles. The smallest absolute Gasteiger partial charge is 0.240 e. The van der Waals surface area contributed by atoms with Crippen LogP contribution in [0.4, 0.5) is 0 Å². The van der Waals surface area contributed by atoms with Gasteiger partial charge in [0.1, 0.15) is 6.54 Å². The Kier molecular flexibility index (Phi) is 4.24. The number of hydrogen-bond donors (Lipinski definition) is 2. The molecule has 1 saturated heterocycles. The fraction of sp³-hybridized carbons (Fsp3) is 0.300. The van der Waals surface area contributed by atoms with Gasteiger partial charge in [0, 0.05) is 16.8 Å². The number of carbonyl (C=O) groups is 1. The molecule has 0 spiro atoms. The van der Waals surface area contributed by atoms with Gasteiger partial charge in [0.25, 0.3) is 0 Å². The summed E-state index contributed by atoms with van der Waals surface area (Å²) in [7, 11) is 0. The highest BCUT2D eigenvalue weighted by Crippen LogP contribution is 2.19. The Morgan fingerprint density at radius 3 is 2.16 bits per heavy atom. The summed E-state index contributed by atoms with van der Waals surface area (Å²) in [6, 6.07) is 15.2. The minimum absolute atomic E-state index is 0.00847. The van der Waals surface area contributed by atoms with Gasteiger partial charge in [-0.05, 0) is 50.2 Å². The van der Waals surface area contributed by atoms with E-state index >= 15 is 0 Å². The molecule has 1 aliphatic heterocycles. The third kappa shape index (κ3) is 3.03. The first-order chi connectivity index (χ1) is 12.2. The van der Waals surface area contributed by atoms with Gasteiger partial charge in [0.15, 0.2) is 5.43 Å². The molecule has 4 rings (SSSR count). The van der Waals surface area contributed by atoms with Crippen molar-refractivity contribution in [3.8, 4) is 0 Å². The van der Waals surface area contributed by atoms with E-state index in [0.29, 0.717) is 10.8 Å².